The third kappa shape index (κ3) is 3.19. The number of hydrazone groups is 1. The zero-order valence-corrected chi connectivity index (χ0v) is 10.3. The first-order chi connectivity index (χ1) is 8.27. The molecular formula is C12H9Cl2N3. The summed E-state index contributed by atoms with van der Waals surface area (Å²) in [5, 5.41) is 5.15. The molecule has 1 aromatic heterocycles. The van der Waals surface area contributed by atoms with Crippen LogP contribution in [0.2, 0.25) is 10.0 Å². The van der Waals surface area contributed by atoms with E-state index in [9.17, 15) is 0 Å². The zero-order valence-electron chi connectivity index (χ0n) is 8.77. The van der Waals surface area contributed by atoms with Gasteiger partial charge in [-0.05, 0) is 24.3 Å². The predicted molar refractivity (Wildman–Crippen MR) is 71.9 cm³/mol. The fraction of sp³-hybridized carbons (Fsp3) is 0. The van der Waals surface area contributed by atoms with Crippen LogP contribution in [-0.4, -0.2) is 11.2 Å². The van der Waals surface area contributed by atoms with Gasteiger partial charge in [0.15, 0.2) is 0 Å². The van der Waals surface area contributed by atoms with Gasteiger partial charge in [0.1, 0.15) is 5.82 Å². The molecule has 0 spiro atoms. The summed E-state index contributed by atoms with van der Waals surface area (Å²) in [5.41, 5.74) is 3.47. The number of hydrogen-bond acceptors (Lipinski definition) is 3. The van der Waals surface area contributed by atoms with Gasteiger partial charge in [-0.3, -0.25) is 5.43 Å². The van der Waals surface area contributed by atoms with Crippen molar-refractivity contribution in [3.63, 3.8) is 0 Å². The summed E-state index contributed by atoms with van der Waals surface area (Å²) >= 11 is 12.0. The van der Waals surface area contributed by atoms with Crippen molar-refractivity contribution in [2.75, 3.05) is 5.43 Å². The number of halogens is 2. The summed E-state index contributed by atoms with van der Waals surface area (Å²) in [5.74, 6) is 0.659. The number of anilines is 1. The van der Waals surface area contributed by atoms with Gasteiger partial charge in [-0.25, -0.2) is 4.98 Å². The number of pyridine rings is 1. The Morgan fingerprint density at radius 2 is 1.82 bits per heavy atom. The molecule has 0 amide bonds. The van der Waals surface area contributed by atoms with Crippen LogP contribution < -0.4 is 5.43 Å². The SMILES string of the molecule is Clc1cccc(Cl)c1/C=N\Nc1ccccn1. The number of nitrogens with zero attached hydrogens (tertiary/aromatic N) is 2. The van der Waals surface area contributed by atoms with Gasteiger partial charge >= 0.3 is 0 Å². The molecule has 1 N–H and O–H groups in total. The van der Waals surface area contributed by atoms with Crippen molar-refractivity contribution in [1.29, 1.82) is 0 Å². The zero-order chi connectivity index (χ0) is 12.1. The molecule has 2 aromatic rings. The molecule has 0 radical (unpaired) electrons. The fourth-order valence-electron chi connectivity index (χ4n) is 1.23. The van der Waals surface area contributed by atoms with Gasteiger partial charge in [-0.2, -0.15) is 5.10 Å². The monoisotopic (exact) mass is 265 g/mol. The van der Waals surface area contributed by atoms with E-state index in [0.29, 0.717) is 21.4 Å². The van der Waals surface area contributed by atoms with E-state index in [1.165, 1.54) is 0 Å². The molecule has 0 saturated heterocycles. The molecule has 1 aromatic carbocycles. The Labute approximate surface area is 109 Å². The molecule has 0 unspecified atom stereocenters. The number of hydrogen-bond donors (Lipinski definition) is 1. The first-order valence-corrected chi connectivity index (χ1v) is 5.67. The van der Waals surface area contributed by atoms with E-state index in [-0.39, 0.29) is 0 Å². The van der Waals surface area contributed by atoms with Crippen molar-refractivity contribution in [3.8, 4) is 0 Å². The molecule has 0 aliphatic rings. The normalized spacial score (nSPS) is 10.7. The Morgan fingerprint density at radius 3 is 2.47 bits per heavy atom. The minimum absolute atomic E-state index is 0.559. The number of rotatable bonds is 3. The molecular weight excluding hydrogens is 257 g/mol. The molecule has 86 valence electrons. The molecule has 0 aliphatic carbocycles. The largest absolute Gasteiger partial charge is 0.261 e. The highest BCUT2D eigenvalue weighted by molar-refractivity contribution is 6.38. The highest BCUT2D eigenvalue weighted by Crippen LogP contribution is 2.22. The quantitative estimate of drug-likeness (QED) is 0.677. The Morgan fingerprint density at radius 1 is 1.06 bits per heavy atom. The molecule has 17 heavy (non-hydrogen) atoms. The maximum Gasteiger partial charge on any atom is 0.146 e. The van der Waals surface area contributed by atoms with Gasteiger partial charge in [-0.1, -0.05) is 35.3 Å². The maximum absolute atomic E-state index is 5.99. The standard InChI is InChI=1S/C12H9Cl2N3/c13-10-4-3-5-11(14)9(10)8-16-17-12-6-1-2-7-15-12/h1-8H,(H,15,17)/b16-8-. The number of aromatic nitrogens is 1. The molecule has 0 atom stereocenters. The van der Waals surface area contributed by atoms with Crippen molar-refractivity contribution >= 4 is 35.2 Å². The van der Waals surface area contributed by atoms with Crippen LogP contribution in [0.25, 0.3) is 0 Å². The van der Waals surface area contributed by atoms with E-state index in [0.717, 1.165) is 0 Å². The Hall–Kier alpha value is -1.58. The Balaban J connectivity index is 2.11. The lowest BCUT2D eigenvalue weighted by Crippen LogP contribution is -1.93. The average molecular weight is 266 g/mol. The summed E-state index contributed by atoms with van der Waals surface area (Å²) in [6.45, 7) is 0. The van der Waals surface area contributed by atoms with Crippen LogP contribution in [0.1, 0.15) is 5.56 Å². The highest BCUT2D eigenvalue weighted by atomic mass is 35.5. The molecule has 0 bridgehead atoms. The lowest BCUT2D eigenvalue weighted by molar-refractivity contribution is 1.23. The van der Waals surface area contributed by atoms with Crippen LogP contribution in [0.4, 0.5) is 5.82 Å². The van der Waals surface area contributed by atoms with Crippen LogP contribution in [0.15, 0.2) is 47.7 Å². The van der Waals surface area contributed by atoms with Crippen LogP contribution in [0, 0.1) is 0 Å². The molecule has 0 aliphatic heterocycles. The minimum atomic E-state index is 0.559. The van der Waals surface area contributed by atoms with Crippen LogP contribution >= 0.6 is 23.2 Å². The lowest BCUT2D eigenvalue weighted by Gasteiger charge is -2.01. The van der Waals surface area contributed by atoms with Gasteiger partial charge in [0.2, 0.25) is 0 Å². The third-order valence-corrected chi connectivity index (χ3v) is 2.70. The van der Waals surface area contributed by atoms with Crippen molar-refractivity contribution in [1.82, 2.24) is 4.98 Å². The molecule has 0 fully saturated rings. The van der Waals surface area contributed by atoms with Crippen LogP contribution in [0.3, 0.4) is 0 Å². The first-order valence-electron chi connectivity index (χ1n) is 4.91. The van der Waals surface area contributed by atoms with E-state index >= 15 is 0 Å². The lowest BCUT2D eigenvalue weighted by atomic mass is 10.2. The number of nitrogens with one attached hydrogen (secondary N) is 1. The number of benzene rings is 1. The first kappa shape index (κ1) is 11.9. The molecule has 5 heteroatoms. The molecule has 3 nitrogen and oxygen atoms in total. The van der Waals surface area contributed by atoms with E-state index in [2.05, 4.69) is 15.5 Å². The van der Waals surface area contributed by atoms with Crippen molar-refractivity contribution < 1.29 is 0 Å². The van der Waals surface area contributed by atoms with Crippen molar-refractivity contribution in [2.45, 2.75) is 0 Å². The van der Waals surface area contributed by atoms with Crippen LogP contribution in [0.5, 0.6) is 0 Å². The second-order valence-electron chi connectivity index (χ2n) is 3.22. The Bertz CT molecular complexity index is 506. The topological polar surface area (TPSA) is 37.3 Å². The summed E-state index contributed by atoms with van der Waals surface area (Å²) in [6, 6.07) is 10.8. The second kappa shape index (κ2) is 5.66. The van der Waals surface area contributed by atoms with Crippen LogP contribution in [-0.2, 0) is 0 Å². The predicted octanol–water partition coefficient (Wildman–Crippen LogP) is 3.83. The van der Waals surface area contributed by atoms with Gasteiger partial charge in [0.05, 0.1) is 16.3 Å². The van der Waals surface area contributed by atoms with Gasteiger partial charge in [0, 0.05) is 11.8 Å². The smallest absolute Gasteiger partial charge is 0.146 e. The Kier molecular flexibility index (Phi) is 3.96. The summed E-state index contributed by atoms with van der Waals surface area (Å²) in [7, 11) is 0. The molecule has 1 heterocycles. The van der Waals surface area contributed by atoms with E-state index in [1.807, 2.05) is 18.2 Å². The summed E-state index contributed by atoms with van der Waals surface area (Å²) < 4.78 is 0. The van der Waals surface area contributed by atoms with Crippen molar-refractivity contribution in [3.05, 3.63) is 58.2 Å². The average Bonchev–Trinajstić information content (AvgIpc) is 2.34. The summed E-state index contributed by atoms with van der Waals surface area (Å²) in [4.78, 5) is 4.06. The van der Waals surface area contributed by atoms with Crippen molar-refractivity contribution in [2.24, 2.45) is 5.10 Å². The molecule has 0 saturated carbocycles. The van der Waals surface area contributed by atoms with E-state index < -0.39 is 0 Å². The van der Waals surface area contributed by atoms with Gasteiger partial charge in [0.25, 0.3) is 0 Å². The summed E-state index contributed by atoms with van der Waals surface area (Å²) in [6.07, 6.45) is 3.25. The third-order valence-electron chi connectivity index (χ3n) is 2.04. The molecule has 2 rings (SSSR count). The second-order valence-corrected chi connectivity index (χ2v) is 4.03. The maximum atomic E-state index is 5.99. The fourth-order valence-corrected chi connectivity index (χ4v) is 1.72. The van der Waals surface area contributed by atoms with E-state index in [1.54, 1.807) is 30.6 Å². The van der Waals surface area contributed by atoms with Gasteiger partial charge in [-0.15, -0.1) is 0 Å². The minimum Gasteiger partial charge on any atom is -0.261 e. The highest BCUT2D eigenvalue weighted by Gasteiger charge is 2.01. The van der Waals surface area contributed by atoms with E-state index in [4.69, 9.17) is 23.2 Å². The van der Waals surface area contributed by atoms with Gasteiger partial charge < -0.3 is 0 Å².